The van der Waals surface area contributed by atoms with Crippen molar-refractivity contribution in [2.75, 3.05) is 20.0 Å². The minimum absolute atomic E-state index is 0.334. The van der Waals surface area contributed by atoms with E-state index in [-0.39, 0.29) is 0 Å². The van der Waals surface area contributed by atoms with E-state index in [1.807, 2.05) is 18.2 Å². The first-order chi connectivity index (χ1) is 10.1. The quantitative estimate of drug-likeness (QED) is 0.881. The molecule has 1 aromatic carbocycles. The Labute approximate surface area is 125 Å². The predicted molar refractivity (Wildman–Crippen MR) is 82.6 cm³/mol. The molecule has 0 aliphatic carbocycles. The van der Waals surface area contributed by atoms with Crippen LogP contribution in [0.1, 0.15) is 26.0 Å². The number of hydrogen-bond donors (Lipinski definition) is 1. The monoisotopic (exact) mass is 290 g/mol. The van der Waals surface area contributed by atoms with Crippen LogP contribution in [0.4, 0.5) is 5.88 Å². The second-order valence-electron chi connectivity index (χ2n) is 5.16. The Morgan fingerprint density at radius 1 is 1.24 bits per heavy atom. The van der Waals surface area contributed by atoms with Gasteiger partial charge in [-0.2, -0.15) is 0 Å². The predicted octanol–water partition coefficient (Wildman–Crippen LogP) is 3.53. The molecule has 1 atom stereocenters. The molecule has 1 unspecified atom stereocenters. The van der Waals surface area contributed by atoms with Crippen molar-refractivity contribution in [1.29, 1.82) is 0 Å². The summed E-state index contributed by atoms with van der Waals surface area (Å²) in [5.41, 5.74) is 8.60. The van der Waals surface area contributed by atoms with Gasteiger partial charge in [0.2, 0.25) is 5.88 Å². The van der Waals surface area contributed by atoms with E-state index in [1.54, 1.807) is 14.2 Å². The number of nitrogens with zero attached hydrogens (tertiary/aromatic N) is 1. The summed E-state index contributed by atoms with van der Waals surface area (Å²) in [5, 5.41) is 4.11. The summed E-state index contributed by atoms with van der Waals surface area (Å²) >= 11 is 0. The van der Waals surface area contributed by atoms with E-state index < -0.39 is 0 Å². The normalized spacial score (nSPS) is 12.2. The zero-order valence-corrected chi connectivity index (χ0v) is 13.0. The van der Waals surface area contributed by atoms with Crippen LogP contribution in [-0.4, -0.2) is 19.4 Å². The van der Waals surface area contributed by atoms with Gasteiger partial charge in [-0.1, -0.05) is 31.5 Å². The van der Waals surface area contributed by atoms with Gasteiger partial charge in [0.1, 0.15) is 0 Å². The van der Waals surface area contributed by atoms with Gasteiger partial charge in [-0.25, -0.2) is 0 Å². The zero-order chi connectivity index (χ0) is 15.4. The molecule has 0 saturated carbocycles. The highest BCUT2D eigenvalue weighted by atomic mass is 16.5. The number of nitrogens with two attached hydrogens (primary N) is 1. The van der Waals surface area contributed by atoms with E-state index in [1.165, 1.54) is 0 Å². The van der Waals surface area contributed by atoms with Crippen molar-refractivity contribution in [1.82, 2.24) is 5.16 Å². The van der Waals surface area contributed by atoms with Gasteiger partial charge in [0.25, 0.3) is 0 Å². The summed E-state index contributed by atoms with van der Waals surface area (Å²) in [6.45, 7) is 4.34. The molecule has 5 nitrogen and oxygen atoms in total. The first-order valence-electron chi connectivity index (χ1n) is 7.07. The number of ether oxygens (including phenoxy) is 2. The summed E-state index contributed by atoms with van der Waals surface area (Å²) in [6.07, 6.45) is 1.92. The standard InChI is InChI=1S/C16H22N2O3/c1-5-10(2)8-12-15(16(17)21-18-12)11-6-7-13(19-3)14(9-11)20-4/h6-7,9-10H,5,8,17H2,1-4H3. The third-order valence-electron chi connectivity index (χ3n) is 3.70. The Morgan fingerprint density at radius 3 is 2.57 bits per heavy atom. The van der Waals surface area contributed by atoms with Crippen molar-refractivity contribution in [3.8, 4) is 22.6 Å². The Bertz CT molecular complexity index is 608. The molecule has 0 bridgehead atoms. The number of aromatic nitrogens is 1. The summed E-state index contributed by atoms with van der Waals surface area (Å²) in [4.78, 5) is 0. The second kappa shape index (κ2) is 6.52. The number of nitrogen functional groups attached to an aromatic ring is 1. The molecule has 2 N–H and O–H groups in total. The van der Waals surface area contributed by atoms with Crippen LogP contribution >= 0.6 is 0 Å². The van der Waals surface area contributed by atoms with E-state index in [0.717, 1.165) is 29.7 Å². The average molecular weight is 290 g/mol. The Balaban J connectivity index is 2.44. The highest BCUT2D eigenvalue weighted by molar-refractivity contribution is 5.77. The lowest BCUT2D eigenvalue weighted by molar-refractivity contribution is 0.355. The fourth-order valence-electron chi connectivity index (χ4n) is 2.25. The molecular weight excluding hydrogens is 268 g/mol. The number of benzene rings is 1. The fraction of sp³-hybridized carbons (Fsp3) is 0.438. The van der Waals surface area contributed by atoms with E-state index in [2.05, 4.69) is 19.0 Å². The van der Waals surface area contributed by atoms with Crippen molar-refractivity contribution in [3.05, 3.63) is 23.9 Å². The van der Waals surface area contributed by atoms with Crippen molar-refractivity contribution < 1.29 is 14.0 Å². The molecule has 2 rings (SSSR count). The van der Waals surface area contributed by atoms with Gasteiger partial charge in [0.05, 0.1) is 25.5 Å². The third-order valence-corrected chi connectivity index (χ3v) is 3.70. The number of hydrogen-bond acceptors (Lipinski definition) is 5. The summed E-state index contributed by atoms with van der Waals surface area (Å²) in [6, 6.07) is 5.68. The van der Waals surface area contributed by atoms with Crippen molar-refractivity contribution >= 4 is 5.88 Å². The van der Waals surface area contributed by atoms with E-state index in [9.17, 15) is 0 Å². The van der Waals surface area contributed by atoms with Crippen LogP contribution < -0.4 is 15.2 Å². The van der Waals surface area contributed by atoms with Gasteiger partial charge in [-0.05, 0) is 30.0 Å². The Hall–Kier alpha value is -2.17. The molecule has 1 heterocycles. The van der Waals surface area contributed by atoms with Gasteiger partial charge >= 0.3 is 0 Å². The van der Waals surface area contributed by atoms with Crippen LogP contribution in [0.15, 0.2) is 22.7 Å². The van der Waals surface area contributed by atoms with Crippen LogP contribution in [0.2, 0.25) is 0 Å². The zero-order valence-electron chi connectivity index (χ0n) is 13.0. The van der Waals surface area contributed by atoms with Gasteiger partial charge in [-0.15, -0.1) is 0 Å². The molecule has 0 amide bonds. The van der Waals surface area contributed by atoms with Crippen molar-refractivity contribution in [2.45, 2.75) is 26.7 Å². The van der Waals surface area contributed by atoms with Crippen molar-refractivity contribution in [3.63, 3.8) is 0 Å². The maximum Gasteiger partial charge on any atom is 0.230 e. The van der Waals surface area contributed by atoms with Gasteiger partial charge in [-0.3, -0.25) is 0 Å². The van der Waals surface area contributed by atoms with Crippen LogP contribution in [0, 0.1) is 5.92 Å². The van der Waals surface area contributed by atoms with Crippen molar-refractivity contribution in [2.24, 2.45) is 5.92 Å². The second-order valence-corrected chi connectivity index (χ2v) is 5.16. The van der Waals surface area contributed by atoms with Crippen LogP contribution in [-0.2, 0) is 6.42 Å². The molecule has 0 aliphatic rings. The van der Waals surface area contributed by atoms with E-state index in [0.29, 0.717) is 23.3 Å². The van der Waals surface area contributed by atoms with Gasteiger partial charge in [0.15, 0.2) is 11.5 Å². The molecule has 0 saturated heterocycles. The smallest absolute Gasteiger partial charge is 0.230 e. The number of anilines is 1. The number of methoxy groups -OCH3 is 2. The molecule has 0 fully saturated rings. The Morgan fingerprint density at radius 2 is 1.95 bits per heavy atom. The molecule has 114 valence electrons. The van der Waals surface area contributed by atoms with Crippen LogP contribution in [0.25, 0.3) is 11.1 Å². The lowest BCUT2D eigenvalue weighted by atomic mass is 9.97. The van der Waals surface area contributed by atoms with Gasteiger partial charge < -0.3 is 19.7 Å². The SMILES string of the molecule is CCC(C)Cc1noc(N)c1-c1ccc(OC)c(OC)c1. The highest BCUT2D eigenvalue weighted by Gasteiger charge is 2.19. The van der Waals surface area contributed by atoms with Crippen LogP contribution in [0.3, 0.4) is 0 Å². The largest absolute Gasteiger partial charge is 0.493 e. The highest BCUT2D eigenvalue weighted by Crippen LogP contribution is 2.37. The number of rotatable bonds is 6. The van der Waals surface area contributed by atoms with E-state index in [4.69, 9.17) is 19.7 Å². The minimum atomic E-state index is 0.334. The summed E-state index contributed by atoms with van der Waals surface area (Å²) in [7, 11) is 3.22. The average Bonchev–Trinajstić information content (AvgIpc) is 2.87. The molecule has 0 radical (unpaired) electrons. The summed E-state index contributed by atoms with van der Waals surface area (Å²) in [5.74, 6) is 2.19. The van der Waals surface area contributed by atoms with Gasteiger partial charge in [0, 0.05) is 0 Å². The lowest BCUT2D eigenvalue weighted by Crippen LogP contribution is -2.00. The Kier molecular flexibility index (Phi) is 4.73. The minimum Gasteiger partial charge on any atom is -0.493 e. The fourth-order valence-corrected chi connectivity index (χ4v) is 2.25. The third kappa shape index (κ3) is 3.12. The molecule has 5 heteroatoms. The van der Waals surface area contributed by atoms with Crippen LogP contribution in [0.5, 0.6) is 11.5 Å². The molecule has 0 spiro atoms. The maximum absolute atomic E-state index is 5.95. The maximum atomic E-state index is 5.95. The molecule has 1 aromatic heterocycles. The molecule has 2 aromatic rings. The summed E-state index contributed by atoms with van der Waals surface area (Å²) < 4.78 is 15.8. The molecular formula is C16H22N2O3. The lowest BCUT2D eigenvalue weighted by Gasteiger charge is -2.11. The topological polar surface area (TPSA) is 70.5 Å². The molecule has 0 aliphatic heterocycles. The first kappa shape index (κ1) is 15.2. The first-order valence-corrected chi connectivity index (χ1v) is 7.07. The van der Waals surface area contributed by atoms with E-state index >= 15 is 0 Å². The molecule has 21 heavy (non-hydrogen) atoms.